The first-order valence-corrected chi connectivity index (χ1v) is 8.67. The van der Waals surface area contributed by atoms with Gasteiger partial charge in [0.2, 0.25) is 0 Å². The van der Waals surface area contributed by atoms with Crippen molar-refractivity contribution >= 4 is 23.1 Å². The summed E-state index contributed by atoms with van der Waals surface area (Å²) in [6.45, 7) is 6.29. The molecule has 0 aliphatic heterocycles. The van der Waals surface area contributed by atoms with Crippen LogP contribution in [0.1, 0.15) is 31.1 Å². The summed E-state index contributed by atoms with van der Waals surface area (Å²) in [7, 11) is 1.37. The third-order valence-electron chi connectivity index (χ3n) is 4.20. The van der Waals surface area contributed by atoms with Crippen LogP contribution >= 0.6 is 0 Å². The Morgan fingerprint density at radius 1 is 1.15 bits per heavy atom. The van der Waals surface area contributed by atoms with Crippen LogP contribution in [0.3, 0.4) is 0 Å². The summed E-state index contributed by atoms with van der Waals surface area (Å²) in [6, 6.07) is 7.43. The number of hydrogen-bond acceptors (Lipinski definition) is 5. The maximum Gasteiger partial charge on any atom is 0.338 e. The Morgan fingerprint density at radius 3 is 2.70 bits per heavy atom. The fraction of sp³-hybridized carbons (Fsp3) is 0.250. The van der Waals surface area contributed by atoms with Crippen molar-refractivity contribution in [1.82, 2.24) is 18.8 Å². The zero-order valence-electron chi connectivity index (χ0n) is 15.7. The van der Waals surface area contributed by atoms with Crippen LogP contribution in [0.4, 0.5) is 5.82 Å². The normalized spacial score (nSPS) is 11.9. The molecule has 7 heteroatoms. The molecule has 0 fully saturated rings. The van der Waals surface area contributed by atoms with Gasteiger partial charge in [-0.2, -0.15) is 0 Å². The number of anilines is 1. The summed E-state index contributed by atoms with van der Waals surface area (Å²) >= 11 is 0. The number of nitrogens with zero attached hydrogens (tertiary/aromatic N) is 4. The molecule has 0 radical (unpaired) electrons. The van der Waals surface area contributed by atoms with Crippen molar-refractivity contribution in [3.63, 3.8) is 0 Å². The largest absolute Gasteiger partial charge is 0.465 e. The Morgan fingerprint density at radius 2 is 1.96 bits per heavy atom. The van der Waals surface area contributed by atoms with Crippen molar-refractivity contribution in [2.75, 3.05) is 12.4 Å². The summed E-state index contributed by atoms with van der Waals surface area (Å²) in [5, 5.41) is 3.54. The minimum absolute atomic E-state index is 0.162. The highest BCUT2D eigenvalue weighted by atomic mass is 16.5. The second-order valence-corrected chi connectivity index (χ2v) is 7.43. The van der Waals surface area contributed by atoms with Crippen molar-refractivity contribution in [2.45, 2.75) is 26.3 Å². The number of hydrogen-bond donors (Lipinski definition) is 1. The highest BCUT2D eigenvalue weighted by Crippen LogP contribution is 2.31. The van der Waals surface area contributed by atoms with Crippen molar-refractivity contribution in [3.8, 4) is 11.3 Å². The van der Waals surface area contributed by atoms with Crippen molar-refractivity contribution in [2.24, 2.45) is 0 Å². The minimum Gasteiger partial charge on any atom is -0.465 e. The first-order chi connectivity index (χ1) is 12.9. The van der Waals surface area contributed by atoms with Crippen LogP contribution in [-0.2, 0) is 4.74 Å². The number of ether oxygens (including phenoxy) is 1. The summed E-state index contributed by atoms with van der Waals surface area (Å²) in [5.74, 6) is 0.487. The molecule has 0 amide bonds. The molecule has 4 rings (SSSR count). The molecular formula is C20H21N5O2. The molecule has 27 heavy (non-hydrogen) atoms. The molecular weight excluding hydrogens is 342 g/mol. The van der Waals surface area contributed by atoms with Crippen molar-refractivity contribution in [1.29, 1.82) is 0 Å². The van der Waals surface area contributed by atoms with Crippen LogP contribution in [0.15, 0.2) is 49.1 Å². The van der Waals surface area contributed by atoms with Crippen LogP contribution in [0.5, 0.6) is 0 Å². The van der Waals surface area contributed by atoms with Gasteiger partial charge in [-0.15, -0.1) is 0 Å². The number of nitrogens with one attached hydrogen (secondary N) is 1. The van der Waals surface area contributed by atoms with Gasteiger partial charge in [0.15, 0.2) is 0 Å². The standard InChI is InChI=1S/C20H21N5O2/c1-20(2,3)23-18-17(14-5-6-15-21-8-10-24(15)12-14)22-16-11-13(19(26)27-4)7-9-25(16)18/h5-12,23H,1-4H3. The highest BCUT2D eigenvalue weighted by Gasteiger charge is 2.20. The Hall–Kier alpha value is -3.35. The van der Waals surface area contributed by atoms with Gasteiger partial charge in [0.05, 0.1) is 12.7 Å². The molecule has 0 bridgehead atoms. The van der Waals surface area contributed by atoms with E-state index >= 15 is 0 Å². The highest BCUT2D eigenvalue weighted by molar-refractivity contribution is 5.91. The number of esters is 1. The monoisotopic (exact) mass is 363 g/mol. The molecule has 0 aliphatic rings. The number of imidazole rings is 2. The number of methoxy groups -OCH3 is 1. The lowest BCUT2D eigenvalue weighted by atomic mass is 10.1. The Bertz CT molecular complexity index is 1150. The third kappa shape index (κ3) is 3.12. The first-order valence-electron chi connectivity index (χ1n) is 8.67. The van der Waals surface area contributed by atoms with Crippen molar-refractivity contribution in [3.05, 3.63) is 54.6 Å². The van der Waals surface area contributed by atoms with E-state index in [0.717, 1.165) is 22.7 Å². The molecule has 0 atom stereocenters. The predicted octanol–water partition coefficient (Wildman–Crippen LogP) is 3.65. The van der Waals surface area contributed by atoms with E-state index in [0.29, 0.717) is 11.2 Å². The van der Waals surface area contributed by atoms with Crippen LogP contribution < -0.4 is 5.32 Å². The second-order valence-electron chi connectivity index (χ2n) is 7.43. The van der Waals surface area contributed by atoms with Crippen LogP contribution in [0.25, 0.3) is 22.6 Å². The van der Waals surface area contributed by atoms with E-state index < -0.39 is 0 Å². The number of aromatic nitrogens is 4. The number of fused-ring (bicyclic) bond motifs is 2. The lowest BCUT2D eigenvalue weighted by Gasteiger charge is -2.22. The lowest BCUT2D eigenvalue weighted by molar-refractivity contribution is 0.0600. The first kappa shape index (κ1) is 17.1. The predicted molar refractivity (Wildman–Crippen MR) is 104 cm³/mol. The molecule has 0 unspecified atom stereocenters. The summed E-state index contributed by atoms with van der Waals surface area (Å²) in [5.41, 5.74) is 3.61. The molecule has 0 saturated heterocycles. The van der Waals surface area contributed by atoms with Gasteiger partial charge in [0.25, 0.3) is 0 Å². The smallest absolute Gasteiger partial charge is 0.338 e. The van der Waals surface area contributed by atoms with Gasteiger partial charge >= 0.3 is 5.97 Å². The Balaban J connectivity index is 1.93. The number of rotatable bonds is 3. The molecule has 0 saturated carbocycles. The van der Waals surface area contributed by atoms with Gasteiger partial charge in [-0.1, -0.05) is 0 Å². The van der Waals surface area contributed by atoms with Gasteiger partial charge in [-0.3, -0.25) is 4.40 Å². The van der Waals surface area contributed by atoms with E-state index in [1.165, 1.54) is 7.11 Å². The van der Waals surface area contributed by atoms with Gasteiger partial charge in [0, 0.05) is 35.9 Å². The van der Waals surface area contributed by atoms with E-state index in [4.69, 9.17) is 9.72 Å². The van der Waals surface area contributed by atoms with E-state index in [9.17, 15) is 4.79 Å². The fourth-order valence-electron chi connectivity index (χ4n) is 3.03. The minimum atomic E-state index is -0.382. The molecule has 7 nitrogen and oxygen atoms in total. The van der Waals surface area contributed by atoms with Crippen LogP contribution in [-0.4, -0.2) is 37.4 Å². The maximum absolute atomic E-state index is 11.9. The number of carbonyl (C=O) groups excluding carboxylic acids is 1. The molecule has 0 aromatic carbocycles. The summed E-state index contributed by atoms with van der Waals surface area (Å²) < 4.78 is 8.73. The topological polar surface area (TPSA) is 72.9 Å². The van der Waals surface area contributed by atoms with Crippen molar-refractivity contribution < 1.29 is 9.53 Å². The average molecular weight is 363 g/mol. The number of carbonyl (C=O) groups is 1. The fourth-order valence-corrected chi connectivity index (χ4v) is 3.03. The molecule has 0 aliphatic carbocycles. The van der Waals surface area contributed by atoms with E-state index in [1.807, 2.05) is 39.5 Å². The maximum atomic E-state index is 11.9. The van der Waals surface area contributed by atoms with Gasteiger partial charge < -0.3 is 14.5 Å². The van der Waals surface area contributed by atoms with Crippen LogP contribution in [0, 0.1) is 0 Å². The summed E-state index contributed by atoms with van der Waals surface area (Å²) in [4.78, 5) is 21.0. The molecule has 0 spiro atoms. The quantitative estimate of drug-likeness (QED) is 0.563. The SMILES string of the molecule is COC(=O)c1ccn2c(NC(C)(C)C)c(-c3ccc4nccn4c3)nc2c1. The van der Waals surface area contributed by atoms with E-state index in [2.05, 4.69) is 31.1 Å². The van der Waals surface area contributed by atoms with E-state index in [1.54, 1.807) is 18.3 Å². The second kappa shape index (κ2) is 6.12. The Labute approximate surface area is 156 Å². The van der Waals surface area contributed by atoms with Gasteiger partial charge in [-0.25, -0.2) is 14.8 Å². The van der Waals surface area contributed by atoms with Gasteiger partial charge in [0.1, 0.15) is 22.8 Å². The van der Waals surface area contributed by atoms with Crippen LogP contribution in [0.2, 0.25) is 0 Å². The lowest BCUT2D eigenvalue weighted by Crippen LogP contribution is -2.27. The van der Waals surface area contributed by atoms with Gasteiger partial charge in [-0.05, 0) is 45.0 Å². The van der Waals surface area contributed by atoms with E-state index in [-0.39, 0.29) is 11.5 Å². The zero-order valence-corrected chi connectivity index (χ0v) is 15.7. The molecule has 1 N–H and O–H groups in total. The molecule has 4 heterocycles. The Kier molecular flexibility index (Phi) is 3.87. The summed E-state index contributed by atoms with van der Waals surface area (Å²) in [6.07, 6.45) is 7.50. The third-order valence-corrected chi connectivity index (χ3v) is 4.20. The number of pyridine rings is 2. The molecule has 138 valence electrons. The molecule has 4 aromatic rings. The molecule has 4 aromatic heterocycles. The average Bonchev–Trinajstić information content (AvgIpc) is 3.23. The zero-order chi connectivity index (χ0) is 19.2.